The highest BCUT2D eigenvalue weighted by molar-refractivity contribution is 6.30. The average molecular weight is 359 g/mol. The maximum absolute atomic E-state index is 12.5. The summed E-state index contributed by atoms with van der Waals surface area (Å²) in [5.41, 5.74) is 1.80. The molecule has 0 saturated carbocycles. The lowest BCUT2D eigenvalue weighted by atomic mass is 10.1. The van der Waals surface area contributed by atoms with E-state index in [4.69, 9.17) is 21.1 Å². The quantitative estimate of drug-likeness (QED) is 0.786. The molecule has 130 valence electrons. The molecule has 1 saturated heterocycles. The number of piperazine rings is 1. The molecular weight excluding hydrogens is 340 g/mol. The molecule has 0 spiro atoms. The molecule has 0 N–H and O–H groups in total. The fourth-order valence-electron chi connectivity index (χ4n) is 3.20. The smallest absolute Gasteiger partial charge is 0.231 e. The van der Waals surface area contributed by atoms with Crippen LogP contribution in [0.15, 0.2) is 42.5 Å². The van der Waals surface area contributed by atoms with Crippen LogP contribution in [0.25, 0.3) is 0 Å². The van der Waals surface area contributed by atoms with Crippen molar-refractivity contribution in [3.05, 3.63) is 53.1 Å². The van der Waals surface area contributed by atoms with Gasteiger partial charge in [0, 0.05) is 42.5 Å². The third kappa shape index (κ3) is 3.57. The lowest BCUT2D eigenvalue weighted by Gasteiger charge is -2.35. The lowest BCUT2D eigenvalue weighted by Crippen LogP contribution is -2.48. The predicted octanol–water partition coefficient (Wildman–Crippen LogP) is 3.07. The number of anilines is 1. The van der Waals surface area contributed by atoms with Crippen LogP contribution in [0.4, 0.5) is 5.69 Å². The Morgan fingerprint density at radius 3 is 2.60 bits per heavy atom. The number of Topliss-reactive ketones (excluding diaryl/α,β-unsaturated/α-hetero) is 1. The minimum absolute atomic E-state index is 0.106. The summed E-state index contributed by atoms with van der Waals surface area (Å²) in [6.45, 7) is 4.11. The summed E-state index contributed by atoms with van der Waals surface area (Å²) >= 11 is 6.07. The van der Waals surface area contributed by atoms with Gasteiger partial charge in [0.15, 0.2) is 17.3 Å². The fraction of sp³-hybridized carbons (Fsp3) is 0.316. The number of hydrogen-bond donors (Lipinski definition) is 0. The number of carbonyl (C=O) groups excluding carboxylic acids is 1. The van der Waals surface area contributed by atoms with Crippen molar-refractivity contribution in [1.29, 1.82) is 0 Å². The molecule has 0 aromatic heterocycles. The van der Waals surface area contributed by atoms with Gasteiger partial charge in [0.1, 0.15) is 0 Å². The monoisotopic (exact) mass is 358 g/mol. The Morgan fingerprint density at radius 2 is 1.80 bits per heavy atom. The van der Waals surface area contributed by atoms with Gasteiger partial charge in [0.2, 0.25) is 6.79 Å². The van der Waals surface area contributed by atoms with E-state index >= 15 is 0 Å². The minimum Gasteiger partial charge on any atom is -0.454 e. The zero-order valence-corrected chi connectivity index (χ0v) is 14.5. The lowest BCUT2D eigenvalue weighted by molar-refractivity contribution is 0.0926. The first-order valence-electron chi connectivity index (χ1n) is 8.35. The van der Waals surface area contributed by atoms with Gasteiger partial charge in [-0.25, -0.2) is 0 Å². The molecule has 2 aromatic rings. The largest absolute Gasteiger partial charge is 0.454 e. The maximum atomic E-state index is 12.5. The molecule has 5 nitrogen and oxygen atoms in total. The Kier molecular flexibility index (Phi) is 4.51. The Morgan fingerprint density at radius 1 is 1.00 bits per heavy atom. The zero-order valence-electron chi connectivity index (χ0n) is 13.8. The highest BCUT2D eigenvalue weighted by Crippen LogP contribution is 2.32. The van der Waals surface area contributed by atoms with Crippen LogP contribution in [0, 0.1) is 0 Å². The van der Waals surface area contributed by atoms with Crippen molar-refractivity contribution < 1.29 is 14.3 Å². The summed E-state index contributed by atoms with van der Waals surface area (Å²) in [5.74, 6) is 1.46. The Bertz CT molecular complexity index is 788. The molecule has 0 aliphatic carbocycles. The van der Waals surface area contributed by atoms with Gasteiger partial charge >= 0.3 is 0 Å². The number of rotatable bonds is 4. The third-order valence-electron chi connectivity index (χ3n) is 4.61. The van der Waals surface area contributed by atoms with E-state index in [2.05, 4.69) is 15.9 Å². The number of ether oxygens (including phenoxy) is 2. The molecule has 0 unspecified atom stereocenters. The van der Waals surface area contributed by atoms with Gasteiger partial charge in [-0.1, -0.05) is 17.7 Å². The van der Waals surface area contributed by atoms with Gasteiger partial charge in [-0.05, 0) is 36.4 Å². The normalized spacial score (nSPS) is 16.9. The van der Waals surface area contributed by atoms with Gasteiger partial charge in [-0.2, -0.15) is 0 Å². The number of fused-ring (bicyclic) bond motifs is 1. The van der Waals surface area contributed by atoms with Crippen LogP contribution in [0.1, 0.15) is 10.4 Å². The van der Waals surface area contributed by atoms with Crippen LogP contribution in [0.3, 0.4) is 0 Å². The SMILES string of the molecule is O=C(CN1CCN(c2cccc(Cl)c2)CC1)c1ccc2c(c1)OCO2. The molecule has 0 bridgehead atoms. The van der Waals surface area contributed by atoms with Crippen LogP contribution in [-0.2, 0) is 0 Å². The first kappa shape index (κ1) is 16.2. The van der Waals surface area contributed by atoms with Crippen LogP contribution in [-0.4, -0.2) is 50.2 Å². The third-order valence-corrected chi connectivity index (χ3v) is 4.84. The number of nitrogens with zero attached hydrogens (tertiary/aromatic N) is 2. The topological polar surface area (TPSA) is 42.0 Å². The van der Waals surface area contributed by atoms with Gasteiger partial charge in [-0.3, -0.25) is 9.69 Å². The van der Waals surface area contributed by atoms with E-state index in [0.717, 1.165) is 36.9 Å². The van der Waals surface area contributed by atoms with Gasteiger partial charge in [0.05, 0.1) is 6.54 Å². The van der Waals surface area contributed by atoms with E-state index in [1.807, 2.05) is 18.2 Å². The van der Waals surface area contributed by atoms with E-state index in [0.29, 0.717) is 23.6 Å². The fourth-order valence-corrected chi connectivity index (χ4v) is 3.39. The molecular formula is C19H19ClN2O3. The van der Waals surface area contributed by atoms with Crippen molar-refractivity contribution >= 4 is 23.1 Å². The molecule has 0 radical (unpaired) electrons. The first-order valence-corrected chi connectivity index (χ1v) is 8.72. The molecule has 2 aliphatic heterocycles. The molecule has 4 rings (SSSR count). The molecule has 0 atom stereocenters. The Balaban J connectivity index is 1.34. The van der Waals surface area contributed by atoms with E-state index in [1.165, 1.54) is 0 Å². The summed E-state index contributed by atoms with van der Waals surface area (Å²) in [6.07, 6.45) is 0. The van der Waals surface area contributed by atoms with Gasteiger partial charge in [0.25, 0.3) is 0 Å². The summed E-state index contributed by atoms with van der Waals surface area (Å²) in [6, 6.07) is 13.3. The number of halogens is 1. The highest BCUT2D eigenvalue weighted by atomic mass is 35.5. The van der Waals surface area contributed by atoms with Crippen LogP contribution in [0.2, 0.25) is 5.02 Å². The summed E-state index contributed by atoms with van der Waals surface area (Å²) in [7, 11) is 0. The van der Waals surface area contributed by atoms with Crippen LogP contribution in [0.5, 0.6) is 11.5 Å². The average Bonchev–Trinajstić information content (AvgIpc) is 3.10. The number of benzene rings is 2. The number of carbonyl (C=O) groups is 1. The van der Waals surface area contributed by atoms with Gasteiger partial charge in [-0.15, -0.1) is 0 Å². The van der Waals surface area contributed by atoms with Crippen molar-refractivity contribution in [2.75, 3.05) is 44.4 Å². The van der Waals surface area contributed by atoms with Crippen LogP contribution < -0.4 is 14.4 Å². The molecule has 6 heteroatoms. The molecule has 0 amide bonds. The standard InChI is InChI=1S/C19H19ClN2O3/c20-15-2-1-3-16(11-15)22-8-6-21(7-9-22)12-17(23)14-4-5-18-19(10-14)25-13-24-18/h1-5,10-11H,6-9,12-13H2. The molecule has 2 heterocycles. The molecule has 25 heavy (non-hydrogen) atoms. The zero-order chi connectivity index (χ0) is 17.2. The van der Waals surface area contributed by atoms with Crippen molar-refractivity contribution in [2.45, 2.75) is 0 Å². The highest BCUT2D eigenvalue weighted by Gasteiger charge is 2.21. The predicted molar refractivity (Wildman–Crippen MR) is 97.0 cm³/mol. The molecule has 2 aliphatic rings. The van der Waals surface area contributed by atoms with Crippen molar-refractivity contribution in [1.82, 2.24) is 4.90 Å². The van der Waals surface area contributed by atoms with Crippen LogP contribution >= 0.6 is 11.6 Å². The number of hydrogen-bond acceptors (Lipinski definition) is 5. The second-order valence-corrected chi connectivity index (χ2v) is 6.67. The summed E-state index contributed by atoms with van der Waals surface area (Å²) in [5, 5.41) is 0.748. The van der Waals surface area contributed by atoms with E-state index in [1.54, 1.807) is 18.2 Å². The van der Waals surface area contributed by atoms with Crippen molar-refractivity contribution in [2.24, 2.45) is 0 Å². The Hall–Kier alpha value is -2.24. The van der Waals surface area contributed by atoms with Gasteiger partial charge < -0.3 is 14.4 Å². The van der Waals surface area contributed by atoms with E-state index < -0.39 is 0 Å². The van der Waals surface area contributed by atoms with E-state index in [-0.39, 0.29) is 12.6 Å². The summed E-state index contributed by atoms with van der Waals surface area (Å²) in [4.78, 5) is 17.0. The maximum Gasteiger partial charge on any atom is 0.231 e. The second-order valence-electron chi connectivity index (χ2n) is 6.23. The van der Waals surface area contributed by atoms with Crippen molar-refractivity contribution in [3.63, 3.8) is 0 Å². The molecule has 1 fully saturated rings. The molecule has 2 aromatic carbocycles. The second kappa shape index (κ2) is 6.94. The summed E-state index contributed by atoms with van der Waals surface area (Å²) < 4.78 is 10.6. The first-order chi connectivity index (χ1) is 12.2. The number of ketones is 1. The van der Waals surface area contributed by atoms with E-state index in [9.17, 15) is 4.79 Å². The van der Waals surface area contributed by atoms with Crippen molar-refractivity contribution in [3.8, 4) is 11.5 Å². The Labute approximate surface area is 151 Å². The minimum atomic E-state index is 0.106.